The number of nitrogens with zero attached hydrogens (tertiary/aromatic N) is 2. The van der Waals surface area contributed by atoms with Crippen LogP contribution < -0.4 is 5.32 Å². The van der Waals surface area contributed by atoms with Crippen LogP contribution in [0.3, 0.4) is 0 Å². The van der Waals surface area contributed by atoms with Crippen molar-refractivity contribution in [2.75, 3.05) is 5.32 Å². The van der Waals surface area contributed by atoms with Crippen molar-refractivity contribution in [1.29, 1.82) is 0 Å². The minimum atomic E-state index is -0.0347. The number of benzene rings is 1. The van der Waals surface area contributed by atoms with Gasteiger partial charge in [-0.25, -0.2) is 4.98 Å². The molecule has 1 aromatic carbocycles. The topological polar surface area (TPSA) is 68.0 Å². The lowest BCUT2D eigenvalue weighted by molar-refractivity contribution is -0.116. The van der Waals surface area contributed by atoms with Gasteiger partial charge in [0, 0.05) is 18.3 Å². The third kappa shape index (κ3) is 3.51. The SMILES string of the molecule is CC(C)CC(=O)Nc1ccc(Cl)c(-c2nc3ncccc3o2)c1. The van der Waals surface area contributed by atoms with Crippen LogP contribution in [0.1, 0.15) is 20.3 Å². The number of fused-ring (bicyclic) bond motifs is 1. The summed E-state index contributed by atoms with van der Waals surface area (Å²) in [5.41, 5.74) is 2.39. The molecule has 5 nitrogen and oxygen atoms in total. The quantitative estimate of drug-likeness (QED) is 0.763. The molecule has 2 heterocycles. The van der Waals surface area contributed by atoms with Crippen molar-refractivity contribution in [1.82, 2.24) is 9.97 Å². The number of carbonyl (C=O) groups excluding carboxylic acids is 1. The first-order chi connectivity index (χ1) is 11.0. The normalized spacial score (nSPS) is 11.1. The largest absolute Gasteiger partial charge is 0.434 e. The van der Waals surface area contributed by atoms with Gasteiger partial charge in [-0.1, -0.05) is 25.4 Å². The van der Waals surface area contributed by atoms with Gasteiger partial charge < -0.3 is 9.73 Å². The number of aromatic nitrogens is 2. The van der Waals surface area contributed by atoms with E-state index >= 15 is 0 Å². The van der Waals surface area contributed by atoms with Gasteiger partial charge in [0.15, 0.2) is 11.2 Å². The maximum Gasteiger partial charge on any atom is 0.230 e. The molecule has 6 heteroatoms. The van der Waals surface area contributed by atoms with E-state index in [1.807, 2.05) is 13.8 Å². The predicted molar refractivity (Wildman–Crippen MR) is 90.3 cm³/mol. The Labute approximate surface area is 138 Å². The first kappa shape index (κ1) is 15.5. The summed E-state index contributed by atoms with van der Waals surface area (Å²) in [6, 6.07) is 8.79. The number of nitrogens with one attached hydrogen (secondary N) is 1. The first-order valence-corrected chi connectivity index (χ1v) is 7.72. The van der Waals surface area contributed by atoms with Gasteiger partial charge in [-0.15, -0.1) is 0 Å². The Morgan fingerprint density at radius 1 is 1.35 bits per heavy atom. The molecule has 0 aliphatic rings. The molecule has 1 amide bonds. The van der Waals surface area contributed by atoms with E-state index in [4.69, 9.17) is 16.0 Å². The Balaban J connectivity index is 1.92. The van der Waals surface area contributed by atoms with Crippen LogP contribution in [0.2, 0.25) is 5.02 Å². The zero-order chi connectivity index (χ0) is 16.4. The first-order valence-electron chi connectivity index (χ1n) is 7.34. The highest BCUT2D eigenvalue weighted by Crippen LogP contribution is 2.31. The summed E-state index contributed by atoms with van der Waals surface area (Å²) in [4.78, 5) is 20.4. The molecule has 1 N–H and O–H groups in total. The zero-order valence-electron chi connectivity index (χ0n) is 12.8. The number of amides is 1. The fourth-order valence-electron chi connectivity index (χ4n) is 2.23. The van der Waals surface area contributed by atoms with Crippen LogP contribution in [0.4, 0.5) is 5.69 Å². The van der Waals surface area contributed by atoms with Crippen molar-refractivity contribution in [2.45, 2.75) is 20.3 Å². The van der Waals surface area contributed by atoms with Crippen LogP contribution in [0, 0.1) is 5.92 Å². The second-order valence-electron chi connectivity index (χ2n) is 5.68. The zero-order valence-corrected chi connectivity index (χ0v) is 13.6. The van der Waals surface area contributed by atoms with Crippen molar-refractivity contribution in [3.05, 3.63) is 41.6 Å². The molecule has 23 heavy (non-hydrogen) atoms. The van der Waals surface area contributed by atoms with Crippen LogP contribution in [0.25, 0.3) is 22.7 Å². The smallest absolute Gasteiger partial charge is 0.230 e. The molecule has 0 aliphatic heterocycles. The van der Waals surface area contributed by atoms with Gasteiger partial charge in [0.25, 0.3) is 0 Å². The molecule has 0 atom stereocenters. The van der Waals surface area contributed by atoms with Crippen molar-refractivity contribution >= 4 is 34.4 Å². The minimum absolute atomic E-state index is 0.0347. The van der Waals surface area contributed by atoms with E-state index in [9.17, 15) is 4.79 Å². The van der Waals surface area contributed by atoms with Crippen LogP contribution in [-0.2, 0) is 4.79 Å². The minimum Gasteiger partial charge on any atom is -0.434 e. The monoisotopic (exact) mass is 329 g/mol. The van der Waals surface area contributed by atoms with Gasteiger partial charge in [0.2, 0.25) is 11.8 Å². The molecule has 118 valence electrons. The number of oxazole rings is 1. The van der Waals surface area contributed by atoms with Crippen LogP contribution in [0.5, 0.6) is 0 Å². The van der Waals surface area contributed by atoms with E-state index in [0.717, 1.165) is 0 Å². The maximum absolute atomic E-state index is 11.9. The number of pyridine rings is 1. The van der Waals surface area contributed by atoms with Crippen molar-refractivity contribution < 1.29 is 9.21 Å². The highest BCUT2D eigenvalue weighted by atomic mass is 35.5. The average Bonchev–Trinajstić information content (AvgIpc) is 2.92. The van der Waals surface area contributed by atoms with E-state index in [2.05, 4.69) is 15.3 Å². The van der Waals surface area contributed by atoms with E-state index < -0.39 is 0 Å². The molecule has 0 unspecified atom stereocenters. The maximum atomic E-state index is 11.9. The van der Waals surface area contributed by atoms with Gasteiger partial charge in [-0.2, -0.15) is 4.98 Å². The third-order valence-electron chi connectivity index (χ3n) is 3.24. The highest BCUT2D eigenvalue weighted by Gasteiger charge is 2.14. The number of hydrogen-bond acceptors (Lipinski definition) is 4. The van der Waals surface area contributed by atoms with E-state index in [1.54, 1.807) is 36.5 Å². The molecular formula is C17H16ClN3O2. The molecule has 0 fully saturated rings. The second kappa shape index (κ2) is 6.38. The van der Waals surface area contributed by atoms with Crippen molar-refractivity contribution in [3.8, 4) is 11.5 Å². The van der Waals surface area contributed by atoms with Gasteiger partial charge >= 0.3 is 0 Å². The number of carbonyl (C=O) groups is 1. The van der Waals surface area contributed by atoms with Crippen LogP contribution >= 0.6 is 11.6 Å². The lowest BCUT2D eigenvalue weighted by atomic mass is 10.1. The number of anilines is 1. The summed E-state index contributed by atoms with van der Waals surface area (Å²) < 4.78 is 5.69. The van der Waals surface area contributed by atoms with Crippen molar-refractivity contribution in [2.24, 2.45) is 5.92 Å². The Morgan fingerprint density at radius 2 is 2.17 bits per heavy atom. The standard InChI is InChI=1S/C17H16ClN3O2/c1-10(2)8-15(22)20-11-5-6-13(18)12(9-11)17-21-16-14(23-17)4-3-7-19-16/h3-7,9-10H,8H2,1-2H3,(H,20,22). The molecule has 0 aliphatic carbocycles. The van der Waals surface area contributed by atoms with E-state index in [1.165, 1.54) is 0 Å². The average molecular weight is 330 g/mol. The molecule has 2 aromatic heterocycles. The fraction of sp³-hybridized carbons (Fsp3) is 0.235. The summed E-state index contributed by atoms with van der Waals surface area (Å²) in [5.74, 6) is 0.640. The second-order valence-corrected chi connectivity index (χ2v) is 6.09. The van der Waals surface area contributed by atoms with Crippen LogP contribution in [0.15, 0.2) is 40.9 Å². The third-order valence-corrected chi connectivity index (χ3v) is 3.57. The Kier molecular flexibility index (Phi) is 4.30. The Bertz CT molecular complexity index is 825. The lowest BCUT2D eigenvalue weighted by Gasteiger charge is -2.08. The summed E-state index contributed by atoms with van der Waals surface area (Å²) in [6.07, 6.45) is 2.11. The van der Waals surface area contributed by atoms with Crippen LogP contribution in [-0.4, -0.2) is 15.9 Å². The molecule has 0 saturated carbocycles. The molecule has 0 saturated heterocycles. The molecular weight excluding hydrogens is 314 g/mol. The molecule has 0 spiro atoms. The molecule has 3 aromatic rings. The van der Waals surface area contributed by atoms with Crippen molar-refractivity contribution in [3.63, 3.8) is 0 Å². The molecule has 0 bridgehead atoms. The molecule has 3 rings (SSSR count). The van der Waals surface area contributed by atoms with E-state index in [0.29, 0.717) is 45.7 Å². The summed E-state index contributed by atoms with van der Waals surface area (Å²) >= 11 is 6.25. The lowest BCUT2D eigenvalue weighted by Crippen LogP contribution is -2.13. The predicted octanol–water partition coefficient (Wildman–Crippen LogP) is 4.53. The van der Waals surface area contributed by atoms with E-state index in [-0.39, 0.29) is 5.91 Å². The van der Waals surface area contributed by atoms with Gasteiger partial charge in [-0.3, -0.25) is 4.79 Å². The highest BCUT2D eigenvalue weighted by molar-refractivity contribution is 6.33. The fourth-order valence-corrected chi connectivity index (χ4v) is 2.43. The van der Waals surface area contributed by atoms with Gasteiger partial charge in [-0.05, 0) is 36.2 Å². The Morgan fingerprint density at radius 3 is 2.91 bits per heavy atom. The summed E-state index contributed by atoms with van der Waals surface area (Å²) in [5, 5.41) is 3.36. The number of hydrogen-bond donors (Lipinski definition) is 1. The molecule has 0 radical (unpaired) electrons. The Hall–Kier alpha value is -2.40. The van der Waals surface area contributed by atoms with Gasteiger partial charge in [0.1, 0.15) is 0 Å². The summed E-state index contributed by atoms with van der Waals surface area (Å²) in [7, 11) is 0. The summed E-state index contributed by atoms with van der Waals surface area (Å²) in [6.45, 7) is 4.00. The number of halogens is 1. The van der Waals surface area contributed by atoms with Gasteiger partial charge in [0.05, 0.1) is 10.6 Å². The number of rotatable bonds is 4.